The molecule has 1 aliphatic rings. The molecule has 0 bridgehead atoms. The average Bonchev–Trinajstić information content (AvgIpc) is 2.26. The van der Waals surface area contributed by atoms with Gasteiger partial charge in [0.15, 0.2) is 0 Å². The fourth-order valence-electron chi connectivity index (χ4n) is 1.91. The van der Waals surface area contributed by atoms with Crippen LogP contribution in [0.15, 0.2) is 0 Å². The average molecular weight is 255 g/mol. The third-order valence-corrected chi connectivity index (χ3v) is 3.08. The second kappa shape index (κ2) is 5.56. The molecule has 0 saturated carbocycles. The fourth-order valence-corrected chi connectivity index (χ4v) is 1.91. The van der Waals surface area contributed by atoms with E-state index in [2.05, 4.69) is 10.2 Å². The van der Waals surface area contributed by atoms with E-state index in [1.807, 2.05) is 32.6 Å². The highest BCUT2D eigenvalue weighted by Crippen LogP contribution is 2.08. The first-order valence-corrected chi connectivity index (χ1v) is 6.36. The number of piperazine rings is 1. The van der Waals surface area contributed by atoms with E-state index >= 15 is 0 Å². The highest BCUT2D eigenvalue weighted by Gasteiger charge is 2.26. The SMILES string of the molecule is CC(C(=N)N)N1CCN(C(=O)NC(C)(C)C)CC1. The van der Waals surface area contributed by atoms with E-state index < -0.39 is 0 Å². The van der Waals surface area contributed by atoms with Crippen LogP contribution in [0, 0.1) is 5.41 Å². The van der Waals surface area contributed by atoms with Crippen LogP contribution < -0.4 is 11.1 Å². The van der Waals surface area contributed by atoms with Crippen LogP contribution in [-0.2, 0) is 0 Å². The van der Waals surface area contributed by atoms with Crippen LogP contribution in [0.4, 0.5) is 4.79 Å². The van der Waals surface area contributed by atoms with Crippen LogP contribution in [0.3, 0.4) is 0 Å². The normalized spacial score (nSPS) is 19.4. The Bertz CT molecular complexity index is 315. The molecule has 4 N–H and O–H groups in total. The first kappa shape index (κ1) is 14.8. The number of urea groups is 1. The predicted octanol–water partition coefficient (Wildman–Crippen LogP) is 0.437. The van der Waals surface area contributed by atoms with E-state index in [0.717, 1.165) is 13.1 Å². The van der Waals surface area contributed by atoms with Crippen molar-refractivity contribution < 1.29 is 4.79 Å². The van der Waals surface area contributed by atoms with E-state index in [0.29, 0.717) is 13.1 Å². The van der Waals surface area contributed by atoms with Gasteiger partial charge in [0.2, 0.25) is 0 Å². The Kier molecular flexibility index (Phi) is 4.56. The molecule has 0 aliphatic carbocycles. The number of nitrogens with one attached hydrogen (secondary N) is 2. The summed E-state index contributed by atoms with van der Waals surface area (Å²) >= 11 is 0. The van der Waals surface area contributed by atoms with E-state index in [1.54, 1.807) is 0 Å². The number of nitrogens with zero attached hydrogens (tertiary/aromatic N) is 2. The van der Waals surface area contributed by atoms with Crippen molar-refractivity contribution in [1.29, 1.82) is 5.41 Å². The van der Waals surface area contributed by atoms with Gasteiger partial charge >= 0.3 is 6.03 Å². The molecule has 104 valence electrons. The molecule has 1 saturated heterocycles. The summed E-state index contributed by atoms with van der Waals surface area (Å²) in [5.74, 6) is 0.183. The maximum absolute atomic E-state index is 12.0. The molecular weight excluding hydrogens is 230 g/mol. The molecule has 0 spiro atoms. The smallest absolute Gasteiger partial charge is 0.317 e. The van der Waals surface area contributed by atoms with Crippen LogP contribution in [0.25, 0.3) is 0 Å². The monoisotopic (exact) mass is 255 g/mol. The maximum Gasteiger partial charge on any atom is 0.317 e. The van der Waals surface area contributed by atoms with E-state index in [9.17, 15) is 4.79 Å². The van der Waals surface area contributed by atoms with Gasteiger partial charge in [0.05, 0.1) is 6.04 Å². The molecule has 1 rings (SSSR count). The van der Waals surface area contributed by atoms with Gasteiger partial charge in [-0.3, -0.25) is 10.3 Å². The summed E-state index contributed by atoms with van der Waals surface area (Å²) in [5.41, 5.74) is 5.29. The molecule has 1 fully saturated rings. The number of carbonyl (C=O) groups excluding carboxylic acids is 1. The van der Waals surface area contributed by atoms with Gasteiger partial charge in [0, 0.05) is 31.7 Å². The van der Waals surface area contributed by atoms with Crippen molar-refractivity contribution in [3.8, 4) is 0 Å². The molecule has 1 heterocycles. The van der Waals surface area contributed by atoms with Crippen LogP contribution in [0.5, 0.6) is 0 Å². The number of rotatable bonds is 2. The number of nitrogens with two attached hydrogens (primary N) is 1. The largest absolute Gasteiger partial charge is 0.386 e. The summed E-state index contributed by atoms with van der Waals surface area (Å²) in [7, 11) is 0. The Labute approximate surface area is 109 Å². The van der Waals surface area contributed by atoms with Crippen molar-refractivity contribution in [1.82, 2.24) is 15.1 Å². The number of amides is 2. The first-order valence-electron chi connectivity index (χ1n) is 6.36. The summed E-state index contributed by atoms with van der Waals surface area (Å²) in [6.07, 6.45) is 0. The van der Waals surface area contributed by atoms with Crippen LogP contribution in [0.1, 0.15) is 27.7 Å². The molecule has 6 nitrogen and oxygen atoms in total. The first-order chi connectivity index (χ1) is 8.20. The van der Waals surface area contributed by atoms with Gasteiger partial charge in [-0.05, 0) is 27.7 Å². The summed E-state index contributed by atoms with van der Waals surface area (Å²) in [5, 5.41) is 10.4. The maximum atomic E-state index is 12.0. The topological polar surface area (TPSA) is 85.5 Å². The molecule has 1 unspecified atom stereocenters. The van der Waals surface area contributed by atoms with Crippen molar-refractivity contribution in [2.75, 3.05) is 26.2 Å². The molecular formula is C12H25N5O. The molecule has 0 radical (unpaired) electrons. The highest BCUT2D eigenvalue weighted by atomic mass is 16.2. The van der Waals surface area contributed by atoms with Gasteiger partial charge in [-0.15, -0.1) is 0 Å². The number of hydrogen-bond donors (Lipinski definition) is 3. The Balaban J connectivity index is 2.44. The molecule has 0 aromatic heterocycles. The molecule has 1 aliphatic heterocycles. The van der Waals surface area contributed by atoms with Gasteiger partial charge in [-0.25, -0.2) is 4.79 Å². The molecule has 1 atom stereocenters. The molecule has 18 heavy (non-hydrogen) atoms. The van der Waals surface area contributed by atoms with Crippen molar-refractivity contribution in [3.05, 3.63) is 0 Å². The molecule has 6 heteroatoms. The third kappa shape index (κ3) is 4.18. The Hall–Kier alpha value is -1.30. The van der Waals surface area contributed by atoms with Gasteiger partial charge in [-0.1, -0.05) is 0 Å². The lowest BCUT2D eigenvalue weighted by molar-refractivity contribution is 0.127. The minimum atomic E-state index is -0.207. The quantitative estimate of drug-likeness (QED) is 0.494. The van der Waals surface area contributed by atoms with Crippen LogP contribution >= 0.6 is 0 Å². The molecule has 0 aromatic carbocycles. The Morgan fingerprint density at radius 2 is 1.78 bits per heavy atom. The second-order valence-electron chi connectivity index (χ2n) is 5.83. The summed E-state index contributed by atoms with van der Waals surface area (Å²) in [6.45, 7) is 10.7. The van der Waals surface area contributed by atoms with Crippen molar-refractivity contribution in [2.45, 2.75) is 39.3 Å². The molecule has 2 amide bonds. The lowest BCUT2D eigenvalue weighted by atomic mass is 10.1. The van der Waals surface area contributed by atoms with Gasteiger partial charge in [-0.2, -0.15) is 0 Å². The minimum Gasteiger partial charge on any atom is -0.386 e. The summed E-state index contributed by atoms with van der Waals surface area (Å²) in [6, 6.07) is -0.0598. The van der Waals surface area contributed by atoms with E-state index in [-0.39, 0.29) is 23.4 Å². The Morgan fingerprint density at radius 1 is 1.28 bits per heavy atom. The zero-order chi connectivity index (χ0) is 13.9. The minimum absolute atomic E-state index is 0.0161. The summed E-state index contributed by atoms with van der Waals surface area (Å²) < 4.78 is 0. The number of amidine groups is 1. The lowest BCUT2D eigenvalue weighted by Crippen LogP contribution is -2.57. The number of hydrogen-bond acceptors (Lipinski definition) is 3. The second-order valence-corrected chi connectivity index (χ2v) is 5.83. The zero-order valence-corrected chi connectivity index (χ0v) is 11.8. The fraction of sp³-hybridized carbons (Fsp3) is 0.833. The lowest BCUT2D eigenvalue weighted by Gasteiger charge is -2.38. The van der Waals surface area contributed by atoms with Crippen LogP contribution in [0.2, 0.25) is 0 Å². The van der Waals surface area contributed by atoms with Gasteiger partial charge in [0.25, 0.3) is 0 Å². The third-order valence-electron chi connectivity index (χ3n) is 3.08. The van der Waals surface area contributed by atoms with Gasteiger partial charge in [0.1, 0.15) is 5.84 Å². The van der Waals surface area contributed by atoms with E-state index in [1.165, 1.54) is 0 Å². The van der Waals surface area contributed by atoms with Crippen molar-refractivity contribution in [3.63, 3.8) is 0 Å². The zero-order valence-electron chi connectivity index (χ0n) is 11.8. The number of carbonyl (C=O) groups is 1. The summed E-state index contributed by atoms with van der Waals surface area (Å²) in [4.78, 5) is 15.9. The highest BCUT2D eigenvalue weighted by molar-refractivity contribution is 5.82. The van der Waals surface area contributed by atoms with Crippen LogP contribution in [-0.4, -0.2) is 59.4 Å². The van der Waals surface area contributed by atoms with Crippen molar-refractivity contribution >= 4 is 11.9 Å². The van der Waals surface area contributed by atoms with Crippen molar-refractivity contribution in [2.24, 2.45) is 5.73 Å². The standard InChI is InChI=1S/C12H25N5O/c1-9(10(13)14)16-5-7-17(8-6-16)11(18)15-12(2,3)4/h9H,5-8H2,1-4H3,(H3,13,14)(H,15,18). The van der Waals surface area contributed by atoms with E-state index in [4.69, 9.17) is 11.1 Å². The predicted molar refractivity (Wildman–Crippen MR) is 72.8 cm³/mol. The van der Waals surface area contributed by atoms with Gasteiger partial charge < -0.3 is 16.0 Å². The Morgan fingerprint density at radius 3 is 2.17 bits per heavy atom. The molecule has 0 aromatic rings.